The standard InChI is InChI=1S/C19H21FN2O3/c1-25-18-10-13(4-7-17(18)23)12-21-19(24)14-5-6-16(15(20)11-14)22-8-2-3-9-22/h4-7,10-11,23H,2-3,8-9,12H2,1H3,(H,21,24). The van der Waals surface area contributed by atoms with Gasteiger partial charge in [-0.15, -0.1) is 0 Å². The largest absolute Gasteiger partial charge is 0.504 e. The highest BCUT2D eigenvalue weighted by Crippen LogP contribution is 2.26. The van der Waals surface area contributed by atoms with Crippen molar-refractivity contribution in [2.75, 3.05) is 25.1 Å². The van der Waals surface area contributed by atoms with Crippen LogP contribution in [-0.2, 0) is 6.54 Å². The molecule has 0 radical (unpaired) electrons. The van der Waals surface area contributed by atoms with Gasteiger partial charge in [-0.3, -0.25) is 4.79 Å². The highest BCUT2D eigenvalue weighted by atomic mass is 19.1. The molecule has 2 aromatic carbocycles. The van der Waals surface area contributed by atoms with E-state index < -0.39 is 0 Å². The summed E-state index contributed by atoms with van der Waals surface area (Å²) in [4.78, 5) is 14.3. The second kappa shape index (κ2) is 7.42. The normalized spacial score (nSPS) is 13.8. The molecule has 1 fully saturated rings. The molecule has 0 bridgehead atoms. The second-order valence-corrected chi connectivity index (χ2v) is 6.05. The number of carbonyl (C=O) groups is 1. The van der Waals surface area contributed by atoms with Crippen LogP contribution in [0, 0.1) is 5.82 Å². The van der Waals surface area contributed by atoms with Crippen LogP contribution in [0.2, 0.25) is 0 Å². The van der Waals surface area contributed by atoms with E-state index >= 15 is 0 Å². The van der Waals surface area contributed by atoms with Crippen LogP contribution < -0.4 is 15.0 Å². The molecular weight excluding hydrogens is 323 g/mol. The maximum Gasteiger partial charge on any atom is 0.251 e. The number of ether oxygens (including phenoxy) is 1. The third kappa shape index (κ3) is 3.84. The summed E-state index contributed by atoms with van der Waals surface area (Å²) >= 11 is 0. The minimum atomic E-state index is -0.374. The molecule has 1 aliphatic heterocycles. The summed E-state index contributed by atoms with van der Waals surface area (Å²) < 4.78 is 19.3. The summed E-state index contributed by atoms with van der Waals surface area (Å²) in [6.07, 6.45) is 2.13. The SMILES string of the molecule is COc1cc(CNC(=O)c2ccc(N3CCCC3)c(F)c2)ccc1O. The summed E-state index contributed by atoms with van der Waals surface area (Å²) in [6.45, 7) is 1.96. The fraction of sp³-hybridized carbons (Fsp3) is 0.316. The van der Waals surface area contributed by atoms with E-state index in [2.05, 4.69) is 5.32 Å². The van der Waals surface area contributed by atoms with Crippen LogP contribution in [0.5, 0.6) is 11.5 Å². The summed E-state index contributed by atoms with van der Waals surface area (Å²) in [5.74, 6) is -0.343. The molecule has 25 heavy (non-hydrogen) atoms. The smallest absolute Gasteiger partial charge is 0.251 e. The van der Waals surface area contributed by atoms with Crippen LogP contribution in [0.25, 0.3) is 0 Å². The Hall–Kier alpha value is -2.76. The third-order valence-corrected chi connectivity index (χ3v) is 4.35. The van der Waals surface area contributed by atoms with E-state index in [1.807, 2.05) is 4.90 Å². The molecule has 6 heteroatoms. The van der Waals surface area contributed by atoms with Crippen molar-refractivity contribution in [3.8, 4) is 11.5 Å². The minimum Gasteiger partial charge on any atom is -0.504 e. The number of carbonyl (C=O) groups excluding carboxylic acids is 1. The monoisotopic (exact) mass is 344 g/mol. The van der Waals surface area contributed by atoms with Gasteiger partial charge in [-0.05, 0) is 48.7 Å². The van der Waals surface area contributed by atoms with Crippen molar-refractivity contribution in [1.29, 1.82) is 0 Å². The zero-order valence-electron chi connectivity index (χ0n) is 14.1. The molecule has 0 saturated carbocycles. The Morgan fingerprint density at radius 3 is 2.68 bits per heavy atom. The van der Waals surface area contributed by atoms with Gasteiger partial charge in [-0.25, -0.2) is 4.39 Å². The number of benzene rings is 2. The maximum absolute atomic E-state index is 14.3. The first-order valence-corrected chi connectivity index (χ1v) is 8.27. The van der Waals surface area contributed by atoms with Gasteiger partial charge in [0.15, 0.2) is 11.5 Å². The van der Waals surface area contributed by atoms with E-state index in [0.29, 0.717) is 11.4 Å². The van der Waals surface area contributed by atoms with Gasteiger partial charge in [0.25, 0.3) is 5.91 Å². The first kappa shape index (κ1) is 17.1. The quantitative estimate of drug-likeness (QED) is 0.875. The van der Waals surface area contributed by atoms with Gasteiger partial charge in [0, 0.05) is 25.2 Å². The number of halogens is 1. The van der Waals surface area contributed by atoms with Gasteiger partial charge in [-0.1, -0.05) is 6.07 Å². The molecule has 5 nitrogen and oxygen atoms in total. The fourth-order valence-electron chi connectivity index (χ4n) is 2.98. The van der Waals surface area contributed by atoms with Crippen molar-refractivity contribution in [3.63, 3.8) is 0 Å². The molecular formula is C19H21FN2O3. The van der Waals surface area contributed by atoms with E-state index in [1.165, 1.54) is 19.2 Å². The van der Waals surface area contributed by atoms with Gasteiger partial charge >= 0.3 is 0 Å². The molecule has 0 spiro atoms. The van der Waals surface area contributed by atoms with Gasteiger partial charge in [0.1, 0.15) is 5.82 Å². The number of anilines is 1. The molecule has 3 rings (SSSR count). The number of phenolic OH excluding ortho intramolecular Hbond substituents is 1. The molecule has 2 N–H and O–H groups in total. The lowest BCUT2D eigenvalue weighted by Gasteiger charge is -2.18. The number of rotatable bonds is 5. The van der Waals surface area contributed by atoms with Crippen LogP contribution in [0.15, 0.2) is 36.4 Å². The Labute approximate surface area is 146 Å². The number of nitrogens with zero attached hydrogens (tertiary/aromatic N) is 1. The number of hydrogen-bond acceptors (Lipinski definition) is 4. The Balaban J connectivity index is 1.66. The summed E-state index contributed by atoms with van der Waals surface area (Å²) in [5.41, 5.74) is 1.61. The molecule has 1 amide bonds. The summed E-state index contributed by atoms with van der Waals surface area (Å²) in [6, 6.07) is 9.43. The number of phenols is 1. The van der Waals surface area contributed by atoms with Crippen LogP contribution in [-0.4, -0.2) is 31.2 Å². The molecule has 1 heterocycles. The molecule has 1 aliphatic rings. The molecule has 0 aromatic heterocycles. The summed E-state index contributed by atoms with van der Waals surface area (Å²) in [7, 11) is 1.46. The molecule has 0 aliphatic carbocycles. The minimum absolute atomic E-state index is 0.0390. The molecule has 132 valence electrons. The maximum atomic E-state index is 14.3. The first-order chi connectivity index (χ1) is 12.1. The number of amides is 1. The van der Waals surface area contributed by atoms with Gasteiger partial charge in [-0.2, -0.15) is 0 Å². The average molecular weight is 344 g/mol. The molecule has 0 unspecified atom stereocenters. The van der Waals surface area contributed by atoms with Crippen LogP contribution in [0.1, 0.15) is 28.8 Å². The zero-order chi connectivity index (χ0) is 17.8. The van der Waals surface area contributed by atoms with Crippen molar-refractivity contribution in [3.05, 3.63) is 53.3 Å². The van der Waals surface area contributed by atoms with E-state index in [9.17, 15) is 14.3 Å². The summed E-state index contributed by atoms with van der Waals surface area (Å²) in [5, 5.41) is 12.3. The van der Waals surface area contributed by atoms with Crippen molar-refractivity contribution in [2.45, 2.75) is 19.4 Å². The lowest BCUT2D eigenvalue weighted by atomic mass is 10.1. The van der Waals surface area contributed by atoms with Crippen molar-refractivity contribution >= 4 is 11.6 Å². The number of aromatic hydroxyl groups is 1. The van der Waals surface area contributed by atoms with Crippen LogP contribution in [0.4, 0.5) is 10.1 Å². The Kier molecular flexibility index (Phi) is 5.07. The van der Waals surface area contributed by atoms with Gasteiger partial charge < -0.3 is 20.1 Å². The van der Waals surface area contributed by atoms with E-state index in [4.69, 9.17) is 4.74 Å². The van der Waals surface area contributed by atoms with Gasteiger partial charge in [0.05, 0.1) is 12.8 Å². The average Bonchev–Trinajstić information content (AvgIpc) is 3.15. The fourth-order valence-corrected chi connectivity index (χ4v) is 2.98. The zero-order valence-corrected chi connectivity index (χ0v) is 14.1. The number of hydrogen-bond donors (Lipinski definition) is 2. The number of nitrogens with one attached hydrogen (secondary N) is 1. The molecule has 1 saturated heterocycles. The Morgan fingerprint density at radius 2 is 2.00 bits per heavy atom. The van der Waals surface area contributed by atoms with Crippen molar-refractivity contribution in [2.24, 2.45) is 0 Å². The third-order valence-electron chi connectivity index (χ3n) is 4.35. The van der Waals surface area contributed by atoms with E-state index in [1.54, 1.807) is 24.3 Å². The Bertz CT molecular complexity index is 773. The van der Waals surface area contributed by atoms with E-state index in [-0.39, 0.29) is 29.6 Å². The highest BCUT2D eigenvalue weighted by molar-refractivity contribution is 5.94. The highest BCUT2D eigenvalue weighted by Gasteiger charge is 2.17. The Morgan fingerprint density at radius 1 is 1.24 bits per heavy atom. The topological polar surface area (TPSA) is 61.8 Å². The first-order valence-electron chi connectivity index (χ1n) is 8.27. The second-order valence-electron chi connectivity index (χ2n) is 6.05. The predicted molar refractivity (Wildman–Crippen MR) is 93.7 cm³/mol. The predicted octanol–water partition coefficient (Wildman–Crippen LogP) is 3.07. The van der Waals surface area contributed by atoms with Gasteiger partial charge in [0.2, 0.25) is 0 Å². The van der Waals surface area contributed by atoms with Crippen LogP contribution >= 0.6 is 0 Å². The lowest BCUT2D eigenvalue weighted by Crippen LogP contribution is -2.24. The van der Waals surface area contributed by atoms with Crippen LogP contribution in [0.3, 0.4) is 0 Å². The molecule has 2 aromatic rings. The number of methoxy groups -OCH3 is 1. The molecule has 0 atom stereocenters. The van der Waals surface area contributed by atoms with E-state index in [0.717, 1.165) is 31.5 Å². The van der Waals surface area contributed by atoms with Crippen molar-refractivity contribution < 1.29 is 19.0 Å². The van der Waals surface area contributed by atoms with Crippen molar-refractivity contribution in [1.82, 2.24) is 5.32 Å². The lowest BCUT2D eigenvalue weighted by molar-refractivity contribution is 0.0950.